The minimum atomic E-state index is -0.773. The monoisotopic (exact) mass is 434 g/mol. The number of furan rings is 1. The normalized spacial score (nSPS) is 21.7. The molecule has 8 heteroatoms. The Hall–Kier alpha value is -3.81. The second kappa shape index (κ2) is 8.03. The van der Waals surface area contributed by atoms with Crippen LogP contribution < -0.4 is 9.30 Å². The Kier molecular flexibility index (Phi) is 5.05. The molecule has 3 aromatic rings. The zero-order valence-electron chi connectivity index (χ0n) is 17.7. The summed E-state index contributed by atoms with van der Waals surface area (Å²) in [5.41, 5.74) is 1.50. The molecule has 0 bridgehead atoms. The molecular formula is C24H24N3O5+. The van der Waals surface area contributed by atoms with Crippen LogP contribution in [0.3, 0.4) is 0 Å². The Morgan fingerprint density at radius 1 is 1.31 bits per heavy atom. The number of H-pyrrole nitrogens is 1. The first kappa shape index (κ1) is 20.1. The van der Waals surface area contributed by atoms with Crippen LogP contribution in [0, 0.1) is 0 Å². The number of amides is 1. The fourth-order valence-corrected chi connectivity index (χ4v) is 4.46. The zero-order chi connectivity index (χ0) is 22.2. The summed E-state index contributed by atoms with van der Waals surface area (Å²) in [4.78, 5) is 30.4. The van der Waals surface area contributed by atoms with Crippen molar-refractivity contribution in [3.8, 4) is 5.75 Å². The minimum absolute atomic E-state index is 0.0474. The molecule has 0 aliphatic carbocycles. The van der Waals surface area contributed by atoms with Gasteiger partial charge in [-0.25, -0.2) is 4.57 Å². The molecule has 1 amide bonds. The van der Waals surface area contributed by atoms with Crippen LogP contribution in [0.15, 0.2) is 65.3 Å². The molecule has 2 aliphatic rings. The Bertz CT molecular complexity index is 1180. The van der Waals surface area contributed by atoms with Gasteiger partial charge in [-0.3, -0.25) is 14.6 Å². The van der Waals surface area contributed by atoms with Crippen LogP contribution in [0.1, 0.15) is 36.3 Å². The number of rotatable bonds is 6. The van der Waals surface area contributed by atoms with E-state index in [9.17, 15) is 14.7 Å². The van der Waals surface area contributed by atoms with Gasteiger partial charge in [0.1, 0.15) is 41.8 Å². The van der Waals surface area contributed by atoms with Gasteiger partial charge in [0.15, 0.2) is 0 Å². The molecule has 1 fully saturated rings. The number of benzene rings is 1. The smallest absolute Gasteiger partial charge is 0.295 e. The average molecular weight is 434 g/mol. The van der Waals surface area contributed by atoms with Crippen molar-refractivity contribution >= 4 is 17.4 Å². The summed E-state index contributed by atoms with van der Waals surface area (Å²) in [5.74, 6) is -0.319. The fraction of sp³-hybridized carbons (Fsp3) is 0.292. The molecule has 0 spiro atoms. The minimum Gasteiger partial charge on any atom is -0.507 e. The van der Waals surface area contributed by atoms with Crippen molar-refractivity contribution in [2.75, 3.05) is 6.54 Å². The summed E-state index contributed by atoms with van der Waals surface area (Å²) in [6.45, 7) is 3.01. The largest absolute Gasteiger partial charge is 0.507 e. The van der Waals surface area contributed by atoms with Crippen LogP contribution in [0.4, 0.5) is 0 Å². The molecule has 164 valence electrons. The highest BCUT2D eigenvalue weighted by Gasteiger charge is 2.47. The Morgan fingerprint density at radius 3 is 2.94 bits per heavy atom. The number of carbonyl (C=O) groups is 2. The molecule has 5 rings (SSSR count). The molecule has 2 N–H and O–H groups in total. The van der Waals surface area contributed by atoms with E-state index < -0.39 is 17.7 Å². The maximum atomic E-state index is 13.0. The van der Waals surface area contributed by atoms with Gasteiger partial charge in [-0.05, 0) is 42.8 Å². The van der Waals surface area contributed by atoms with Crippen molar-refractivity contribution < 1.29 is 28.4 Å². The van der Waals surface area contributed by atoms with E-state index in [0.29, 0.717) is 30.8 Å². The van der Waals surface area contributed by atoms with Gasteiger partial charge in [0.25, 0.3) is 11.7 Å². The van der Waals surface area contributed by atoms with Gasteiger partial charge in [-0.1, -0.05) is 0 Å². The molecule has 2 aromatic heterocycles. The molecule has 0 radical (unpaired) electrons. The number of nitrogens with zero attached hydrogens (tertiary/aromatic N) is 2. The summed E-state index contributed by atoms with van der Waals surface area (Å²) in [5, 5.41) is 11.2. The third-order valence-electron chi connectivity index (χ3n) is 5.94. The molecule has 0 saturated carbocycles. The average Bonchev–Trinajstić information content (AvgIpc) is 3.57. The lowest BCUT2D eigenvalue weighted by atomic mass is 9.97. The maximum absolute atomic E-state index is 13.0. The SMILES string of the molecule is CC1Cc2cc(C(O)=C3C(=O)C(=O)N(CCC[n+]4cc[nH]c4)C3c3ccco3)ccc2O1. The van der Waals surface area contributed by atoms with Gasteiger partial charge in [0, 0.05) is 24.9 Å². The summed E-state index contributed by atoms with van der Waals surface area (Å²) in [6.07, 6.45) is 8.47. The predicted octanol–water partition coefficient (Wildman–Crippen LogP) is 2.73. The highest BCUT2D eigenvalue weighted by Crippen LogP contribution is 2.40. The number of aromatic nitrogens is 2. The molecular weight excluding hydrogens is 410 g/mol. The van der Waals surface area contributed by atoms with Gasteiger partial charge in [0.2, 0.25) is 6.33 Å². The number of aliphatic hydroxyl groups excluding tert-OH is 1. The zero-order valence-corrected chi connectivity index (χ0v) is 17.7. The number of hydrogen-bond donors (Lipinski definition) is 2. The number of fused-ring (bicyclic) bond motifs is 1. The highest BCUT2D eigenvalue weighted by atomic mass is 16.5. The topological polar surface area (TPSA) is 99.7 Å². The fourth-order valence-electron chi connectivity index (χ4n) is 4.46. The van der Waals surface area contributed by atoms with Gasteiger partial charge in [-0.2, -0.15) is 0 Å². The van der Waals surface area contributed by atoms with E-state index in [4.69, 9.17) is 9.15 Å². The van der Waals surface area contributed by atoms with Crippen molar-refractivity contribution in [1.29, 1.82) is 0 Å². The quantitative estimate of drug-likeness (QED) is 0.269. The standard InChI is InChI=1S/C24H23N3O5/c1-15-12-17-13-16(5-6-18(17)32-15)22(28)20-21(19-4-2-11-31-19)27(24(30)23(20)29)9-3-8-26-10-7-25-14-26/h2,4-7,10-11,13-15,21H,3,8-9,12H2,1H3,(H,28,29)/p+1. The van der Waals surface area contributed by atoms with Crippen molar-refractivity contribution in [2.24, 2.45) is 0 Å². The van der Waals surface area contributed by atoms with Gasteiger partial charge < -0.3 is 19.2 Å². The van der Waals surface area contributed by atoms with Crippen molar-refractivity contribution in [2.45, 2.75) is 38.5 Å². The first-order chi connectivity index (χ1) is 15.5. The Balaban J connectivity index is 1.49. The number of nitrogens with one attached hydrogen (secondary N) is 1. The van der Waals surface area contributed by atoms with Crippen LogP contribution in [0.2, 0.25) is 0 Å². The van der Waals surface area contributed by atoms with Crippen LogP contribution in [-0.2, 0) is 22.6 Å². The number of carbonyl (C=O) groups excluding carboxylic acids is 2. The van der Waals surface area contributed by atoms with E-state index in [0.717, 1.165) is 17.7 Å². The van der Waals surface area contributed by atoms with E-state index >= 15 is 0 Å². The van der Waals surface area contributed by atoms with E-state index in [-0.39, 0.29) is 17.4 Å². The van der Waals surface area contributed by atoms with E-state index in [2.05, 4.69) is 4.98 Å². The molecule has 32 heavy (non-hydrogen) atoms. The molecule has 8 nitrogen and oxygen atoms in total. The maximum Gasteiger partial charge on any atom is 0.295 e. The lowest BCUT2D eigenvalue weighted by molar-refractivity contribution is -0.695. The number of likely N-dealkylation sites (tertiary alicyclic amines) is 1. The van der Waals surface area contributed by atoms with Gasteiger partial charge in [-0.15, -0.1) is 0 Å². The first-order valence-electron chi connectivity index (χ1n) is 10.7. The third-order valence-corrected chi connectivity index (χ3v) is 5.94. The molecule has 2 atom stereocenters. The molecule has 1 saturated heterocycles. The summed E-state index contributed by atoms with van der Waals surface area (Å²) < 4.78 is 13.3. The number of ether oxygens (including phenoxy) is 1. The van der Waals surface area contributed by atoms with Crippen molar-refractivity contribution in [3.63, 3.8) is 0 Å². The number of imidazole rings is 1. The van der Waals surface area contributed by atoms with Crippen molar-refractivity contribution in [3.05, 3.63) is 77.8 Å². The number of aromatic amines is 1. The predicted molar refractivity (Wildman–Crippen MR) is 114 cm³/mol. The molecule has 1 aromatic carbocycles. The van der Waals surface area contributed by atoms with Gasteiger partial charge in [0.05, 0.1) is 18.4 Å². The van der Waals surface area contributed by atoms with E-state index in [1.807, 2.05) is 36.3 Å². The Morgan fingerprint density at radius 2 is 2.19 bits per heavy atom. The second-order valence-corrected chi connectivity index (χ2v) is 8.17. The summed E-state index contributed by atoms with van der Waals surface area (Å²) in [7, 11) is 0. The lowest BCUT2D eigenvalue weighted by Gasteiger charge is -2.23. The van der Waals surface area contributed by atoms with E-state index in [1.54, 1.807) is 24.3 Å². The number of aryl methyl sites for hydroxylation is 1. The number of aliphatic hydroxyl groups is 1. The van der Waals surface area contributed by atoms with E-state index in [1.165, 1.54) is 11.2 Å². The van der Waals surface area contributed by atoms with Crippen LogP contribution in [0.5, 0.6) is 5.75 Å². The van der Waals surface area contributed by atoms with Crippen LogP contribution in [-0.4, -0.2) is 39.3 Å². The summed E-state index contributed by atoms with van der Waals surface area (Å²) in [6, 6.07) is 7.98. The Labute approximate surface area is 184 Å². The van der Waals surface area contributed by atoms with Crippen LogP contribution >= 0.6 is 0 Å². The second-order valence-electron chi connectivity index (χ2n) is 8.17. The number of Topliss-reactive ketones (excluding diaryl/α,β-unsaturated/α-hetero) is 1. The number of ketones is 1. The molecule has 2 aliphatic heterocycles. The van der Waals surface area contributed by atoms with Gasteiger partial charge >= 0.3 is 0 Å². The third kappa shape index (κ3) is 3.47. The number of hydrogen-bond acceptors (Lipinski definition) is 5. The summed E-state index contributed by atoms with van der Waals surface area (Å²) >= 11 is 0. The lowest BCUT2D eigenvalue weighted by Crippen LogP contribution is -2.35. The van der Waals surface area contributed by atoms with Crippen molar-refractivity contribution in [1.82, 2.24) is 9.88 Å². The highest BCUT2D eigenvalue weighted by molar-refractivity contribution is 6.46. The first-order valence-corrected chi connectivity index (χ1v) is 10.7. The molecule has 2 unspecified atom stereocenters. The van der Waals surface area contributed by atoms with Crippen LogP contribution in [0.25, 0.3) is 5.76 Å². The molecule has 4 heterocycles.